The van der Waals surface area contributed by atoms with Crippen LogP contribution in [-0.2, 0) is 9.59 Å². The fourth-order valence-corrected chi connectivity index (χ4v) is 2.30. The molecule has 0 saturated heterocycles. The Kier molecular flexibility index (Phi) is 7.80. The van der Waals surface area contributed by atoms with E-state index in [-0.39, 0.29) is 17.0 Å². The first-order valence-electron chi connectivity index (χ1n) is 7.51. The lowest BCUT2D eigenvalue weighted by Crippen LogP contribution is -2.45. The maximum Gasteiger partial charge on any atom is 0.326 e. The summed E-state index contributed by atoms with van der Waals surface area (Å²) in [4.78, 5) is 45.2. The summed E-state index contributed by atoms with van der Waals surface area (Å²) >= 11 is 5.82. The molecule has 0 spiro atoms. The molecule has 0 aliphatic rings. The van der Waals surface area contributed by atoms with Crippen LogP contribution in [0.3, 0.4) is 0 Å². The molecule has 9 nitrogen and oxygen atoms in total. The van der Waals surface area contributed by atoms with Crippen molar-refractivity contribution in [3.05, 3.63) is 38.9 Å². The van der Waals surface area contributed by atoms with Crippen molar-refractivity contribution < 1.29 is 24.4 Å². The Morgan fingerprint density at radius 1 is 1.36 bits per heavy atom. The molecule has 1 rings (SSSR count). The number of nitro benzene ring substituents is 1. The fourth-order valence-electron chi connectivity index (χ4n) is 2.05. The van der Waals surface area contributed by atoms with E-state index >= 15 is 0 Å². The van der Waals surface area contributed by atoms with Crippen LogP contribution in [0.2, 0.25) is 5.02 Å². The number of hydrogen-bond acceptors (Lipinski definition) is 5. The predicted molar refractivity (Wildman–Crippen MR) is 89.5 cm³/mol. The summed E-state index contributed by atoms with van der Waals surface area (Å²) in [6.45, 7) is 1.36. The van der Waals surface area contributed by atoms with Crippen LogP contribution in [0.25, 0.3) is 0 Å². The van der Waals surface area contributed by atoms with Gasteiger partial charge in [0.1, 0.15) is 11.6 Å². The van der Waals surface area contributed by atoms with Crippen LogP contribution in [0, 0.1) is 10.1 Å². The average molecular weight is 372 g/mol. The Morgan fingerprint density at radius 3 is 2.60 bits per heavy atom. The molecule has 0 unspecified atom stereocenters. The average Bonchev–Trinajstić information content (AvgIpc) is 2.55. The van der Waals surface area contributed by atoms with Crippen molar-refractivity contribution in [1.82, 2.24) is 10.6 Å². The van der Waals surface area contributed by atoms with Crippen LogP contribution in [0.1, 0.15) is 36.5 Å². The first-order chi connectivity index (χ1) is 11.8. The molecule has 2 amide bonds. The lowest BCUT2D eigenvalue weighted by atomic mass is 10.1. The van der Waals surface area contributed by atoms with E-state index in [9.17, 15) is 24.5 Å². The van der Waals surface area contributed by atoms with Crippen LogP contribution >= 0.6 is 11.6 Å². The molecular weight excluding hydrogens is 354 g/mol. The van der Waals surface area contributed by atoms with E-state index in [1.807, 2.05) is 6.92 Å². The lowest BCUT2D eigenvalue weighted by Gasteiger charge is -2.14. The van der Waals surface area contributed by atoms with Gasteiger partial charge in [0.25, 0.3) is 11.6 Å². The van der Waals surface area contributed by atoms with E-state index in [0.29, 0.717) is 6.42 Å². The zero-order valence-corrected chi connectivity index (χ0v) is 14.2. The highest BCUT2D eigenvalue weighted by Gasteiger charge is 2.24. The minimum Gasteiger partial charge on any atom is -0.480 e. The monoisotopic (exact) mass is 371 g/mol. The number of hydrogen-bond donors (Lipinski definition) is 3. The summed E-state index contributed by atoms with van der Waals surface area (Å²) < 4.78 is 0. The molecule has 10 heteroatoms. The van der Waals surface area contributed by atoms with Crippen molar-refractivity contribution in [1.29, 1.82) is 0 Å². The molecule has 0 heterocycles. The van der Waals surface area contributed by atoms with Gasteiger partial charge in [-0.1, -0.05) is 37.4 Å². The zero-order chi connectivity index (χ0) is 19.0. The minimum absolute atomic E-state index is 0.126. The summed E-state index contributed by atoms with van der Waals surface area (Å²) in [5, 5.41) is 24.4. The number of carboxylic acids is 1. The van der Waals surface area contributed by atoms with Crippen LogP contribution in [0.4, 0.5) is 5.69 Å². The number of nitro groups is 1. The van der Waals surface area contributed by atoms with Crippen LogP contribution < -0.4 is 10.6 Å². The second-order valence-electron chi connectivity index (χ2n) is 5.17. The van der Waals surface area contributed by atoms with Gasteiger partial charge < -0.3 is 15.7 Å². The Morgan fingerprint density at radius 2 is 2.04 bits per heavy atom. The summed E-state index contributed by atoms with van der Waals surface area (Å²) in [5.41, 5.74) is -0.848. The van der Waals surface area contributed by atoms with Gasteiger partial charge in [-0.15, -0.1) is 0 Å². The quantitative estimate of drug-likeness (QED) is 0.446. The third-order valence-electron chi connectivity index (χ3n) is 3.30. The number of carbonyl (C=O) groups is 3. The number of aliphatic carboxylic acids is 1. The molecule has 1 aromatic carbocycles. The van der Waals surface area contributed by atoms with E-state index < -0.39 is 41.0 Å². The number of amides is 2. The number of carbonyl (C=O) groups excluding carboxylic acids is 2. The van der Waals surface area contributed by atoms with Gasteiger partial charge in [-0.25, -0.2) is 4.79 Å². The number of unbranched alkanes of at least 4 members (excludes halogenated alkanes) is 1. The van der Waals surface area contributed by atoms with Crippen molar-refractivity contribution in [3.8, 4) is 0 Å². The highest BCUT2D eigenvalue weighted by Crippen LogP contribution is 2.25. The summed E-state index contributed by atoms with van der Waals surface area (Å²) in [7, 11) is 0. The van der Waals surface area contributed by atoms with Crippen molar-refractivity contribution in [2.75, 3.05) is 6.54 Å². The van der Waals surface area contributed by atoms with Crippen molar-refractivity contribution in [2.24, 2.45) is 0 Å². The first-order valence-corrected chi connectivity index (χ1v) is 7.89. The van der Waals surface area contributed by atoms with Gasteiger partial charge in [0, 0.05) is 6.07 Å². The molecule has 0 aliphatic carbocycles. The third kappa shape index (κ3) is 6.03. The van der Waals surface area contributed by atoms with Gasteiger partial charge in [-0.3, -0.25) is 19.7 Å². The molecule has 0 fully saturated rings. The second kappa shape index (κ2) is 9.58. The van der Waals surface area contributed by atoms with Crippen molar-refractivity contribution in [2.45, 2.75) is 32.2 Å². The summed E-state index contributed by atoms with van der Waals surface area (Å²) in [6.07, 6.45) is 1.66. The van der Waals surface area contributed by atoms with Gasteiger partial charge >= 0.3 is 5.97 Å². The highest BCUT2D eigenvalue weighted by molar-refractivity contribution is 6.34. The summed E-state index contributed by atoms with van der Waals surface area (Å²) in [6, 6.07) is 2.70. The Hall–Kier alpha value is -2.68. The standard InChI is InChI=1S/C15H18ClN3O6/c1-2-3-6-10(15(22)23)18-12(20)8-17-14(21)13-9(16)5-4-7-11(13)19(24)25/h4-5,7,10H,2-3,6,8H2,1H3,(H,17,21)(H,18,20)(H,22,23)/t10-/m0/s1. The van der Waals surface area contributed by atoms with Crippen LogP contribution in [0.5, 0.6) is 0 Å². The number of nitrogens with zero attached hydrogens (tertiary/aromatic N) is 1. The minimum atomic E-state index is -1.17. The number of nitrogens with one attached hydrogen (secondary N) is 2. The smallest absolute Gasteiger partial charge is 0.326 e. The molecule has 1 aromatic rings. The molecular formula is C15H18ClN3O6. The molecule has 0 bridgehead atoms. The molecule has 25 heavy (non-hydrogen) atoms. The van der Waals surface area contributed by atoms with Crippen molar-refractivity contribution in [3.63, 3.8) is 0 Å². The maximum atomic E-state index is 12.1. The topological polar surface area (TPSA) is 139 Å². The van der Waals surface area contributed by atoms with E-state index in [4.69, 9.17) is 16.7 Å². The largest absolute Gasteiger partial charge is 0.480 e. The highest BCUT2D eigenvalue weighted by atomic mass is 35.5. The molecule has 3 N–H and O–H groups in total. The van der Waals surface area contributed by atoms with Gasteiger partial charge in [0.15, 0.2) is 0 Å². The number of rotatable bonds is 9. The number of carboxylic acid groups (broad SMARTS) is 1. The number of benzene rings is 1. The van der Waals surface area contributed by atoms with Gasteiger partial charge in [-0.2, -0.15) is 0 Å². The third-order valence-corrected chi connectivity index (χ3v) is 3.62. The van der Waals surface area contributed by atoms with Crippen LogP contribution in [0.15, 0.2) is 18.2 Å². The zero-order valence-electron chi connectivity index (χ0n) is 13.5. The Labute approximate surface area is 148 Å². The predicted octanol–water partition coefficient (Wildman–Crippen LogP) is 1.74. The van der Waals surface area contributed by atoms with E-state index in [1.165, 1.54) is 12.1 Å². The SMILES string of the molecule is CCCC[C@H](NC(=O)CNC(=O)c1c(Cl)cccc1[N+](=O)[O-])C(=O)O. The molecule has 0 radical (unpaired) electrons. The van der Waals surface area contributed by atoms with E-state index in [0.717, 1.165) is 12.5 Å². The van der Waals surface area contributed by atoms with E-state index in [2.05, 4.69) is 10.6 Å². The van der Waals surface area contributed by atoms with Gasteiger partial charge in [-0.05, 0) is 12.5 Å². The second-order valence-corrected chi connectivity index (χ2v) is 5.58. The first kappa shape index (κ1) is 20.4. The van der Waals surface area contributed by atoms with Gasteiger partial charge in [0.2, 0.25) is 5.91 Å². The fraction of sp³-hybridized carbons (Fsp3) is 0.400. The normalized spacial score (nSPS) is 11.4. The molecule has 136 valence electrons. The summed E-state index contributed by atoms with van der Waals surface area (Å²) in [5.74, 6) is -2.78. The van der Waals surface area contributed by atoms with Gasteiger partial charge in [0.05, 0.1) is 16.5 Å². The molecule has 0 aliphatic heterocycles. The Bertz CT molecular complexity index is 679. The van der Waals surface area contributed by atoms with E-state index in [1.54, 1.807) is 0 Å². The maximum absolute atomic E-state index is 12.1. The van der Waals surface area contributed by atoms with Crippen LogP contribution in [-0.4, -0.2) is 40.4 Å². The lowest BCUT2D eigenvalue weighted by molar-refractivity contribution is -0.385. The Balaban J connectivity index is 2.72. The molecule has 1 atom stereocenters. The number of halogens is 1. The molecule has 0 saturated carbocycles. The molecule has 0 aromatic heterocycles. The van der Waals surface area contributed by atoms with Crippen molar-refractivity contribution >= 4 is 35.1 Å².